The summed E-state index contributed by atoms with van der Waals surface area (Å²) in [4.78, 5) is 12.8. The van der Waals surface area contributed by atoms with Crippen LogP contribution < -0.4 is 0 Å². The minimum Gasteiger partial charge on any atom is -0.276 e. The fourth-order valence-corrected chi connectivity index (χ4v) is 3.85. The molecule has 0 aromatic heterocycles. The zero-order valence-electron chi connectivity index (χ0n) is 11.1. The number of halogens is 1. The normalized spacial score (nSPS) is 15.2. The molecule has 1 aliphatic carbocycles. The zero-order valence-corrected chi connectivity index (χ0v) is 12.7. The molecule has 1 aromatic carbocycles. The Morgan fingerprint density at radius 3 is 2.56 bits per heavy atom. The number of benzene rings is 1. The van der Waals surface area contributed by atoms with E-state index in [1.54, 1.807) is 0 Å². The van der Waals surface area contributed by atoms with Crippen LogP contribution in [0.15, 0.2) is 17.0 Å². The van der Waals surface area contributed by atoms with E-state index in [4.69, 9.17) is 11.6 Å². The third-order valence-electron chi connectivity index (χ3n) is 3.29. The third kappa shape index (κ3) is 2.92. The maximum atomic E-state index is 11.5. The number of carbonyl (C=O) groups is 1. The van der Waals surface area contributed by atoms with Crippen molar-refractivity contribution in [2.75, 3.05) is 0 Å². The molecule has 3 heteroatoms. The van der Waals surface area contributed by atoms with Gasteiger partial charge in [0.1, 0.15) is 0 Å². The molecule has 0 radical (unpaired) electrons. The third-order valence-corrected chi connectivity index (χ3v) is 5.01. The standard InChI is InChI=1S/C15H19ClOS/c1-4-11-13(15(16)17)8-7-12(9(2)3)14(11)18-10-5-6-10/h7-10H,4-6H2,1-3H3. The van der Waals surface area contributed by atoms with Gasteiger partial charge in [-0.1, -0.05) is 26.8 Å². The Morgan fingerprint density at radius 1 is 1.44 bits per heavy atom. The molecule has 0 aliphatic heterocycles. The Morgan fingerprint density at radius 2 is 2.11 bits per heavy atom. The maximum absolute atomic E-state index is 11.5. The molecule has 0 atom stereocenters. The number of hydrogen-bond donors (Lipinski definition) is 0. The summed E-state index contributed by atoms with van der Waals surface area (Å²) in [7, 11) is 0. The van der Waals surface area contributed by atoms with Crippen molar-refractivity contribution in [2.24, 2.45) is 0 Å². The van der Waals surface area contributed by atoms with E-state index in [0.717, 1.165) is 17.2 Å². The van der Waals surface area contributed by atoms with Gasteiger partial charge in [-0.25, -0.2) is 0 Å². The van der Waals surface area contributed by atoms with E-state index in [1.165, 1.54) is 23.3 Å². The number of carbonyl (C=O) groups excluding carboxylic acids is 1. The average Bonchev–Trinajstić information content (AvgIpc) is 3.11. The highest BCUT2D eigenvalue weighted by Crippen LogP contribution is 2.44. The Labute approximate surface area is 118 Å². The summed E-state index contributed by atoms with van der Waals surface area (Å²) in [5, 5.41) is 0.410. The van der Waals surface area contributed by atoms with Gasteiger partial charge in [-0.2, -0.15) is 0 Å². The fraction of sp³-hybridized carbons (Fsp3) is 0.533. The molecular formula is C15H19ClOS. The summed E-state index contributed by atoms with van der Waals surface area (Å²) >= 11 is 7.63. The van der Waals surface area contributed by atoms with Crippen LogP contribution in [-0.2, 0) is 6.42 Å². The van der Waals surface area contributed by atoms with Gasteiger partial charge in [0.25, 0.3) is 5.24 Å². The molecule has 1 saturated carbocycles. The first-order valence-electron chi connectivity index (χ1n) is 6.56. The number of thioether (sulfide) groups is 1. The van der Waals surface area contributed by atoms with Crippen molar-refractivity contribution in [2.45, 2.75) is 56.1 Å². The Bertz CT molecular complexity index is 464. The van der Waals surface area contributed by atoms with Crippen molar-refractivity contribution in [1.29, 1.82) is 0 Å². The highest BCUT2D eigenvalue weighted by molar-refractivity contribution is 8.00. The van der Waals surface area contributed by atoms with Crippen molar-refractivity contribution in [3.63, 3.8) is 0 Å². The van der Waals surface area contributed by atoms with Gasteiger partial charge >= 0.3 is 0 Å². The lowest BCUT2D eigenvalue weighted by Gasteiger charge is -2.18. The largest absolute Gasteiger partial charge is 0.276 e. The van der Waals surface area contributed by atoms with Crippen LogP contribution in [0, 0.1) is 0 Å². The lowest BCUT2D eigenvalue weighted by Crippen LogP contribution is -2.04. The van der Waals surface area contributed by atoms with Gasteiger partial charge in [-0.05, 0) is 54.0 Å². The summed E-state index contributed by atoms with van der Waals surface area (Å²) in [6.07, 6.45) is 3.46. The second-order valence-corrected chi connectivity index (χ2v) is 6.76. The first-order valence-corrected chi connectivity index (χ1v) is 7.82. The molecule has 1 fully saturated rings. The fourth-order valence-electron chi connectivity index (χ4n) is 2.13. The van der Waals surface area contributed by atoms with E-state index >= 15 is 0 Å². The predicted octanol–water partition coefficient (Wildman–Crippen LogP) is 5.01. The van der Waals surface area contributed by atoms with Gasteiger partial charge in [-0.15, -0.1) is 11.8 Å². The summed E-state index contributed by atoms with van der Waals surface area (Å²) in [6.45, 7) is 6.50. The van der Waals surface area contributed by atoms with Gasteiger partial charge in [0, 0.05) is 15.7 Å². The van der Waals surface area contributed by atoms with E-state index in [2.05, 4.69) is 26.8 Å². The summed E-state index contributed by atoms with van der Waals surface area (Å²) in [5.41, 5.74) is 3.18. The number of rotatable bonds is 5. The summed E-state index contributed by atoms with van der Waals surface area (Å²) in [5.74, 6) is 0.482. The van der Waals surface area contributed by atoms with E-state index in [-0.39, 0.29) is 5.24 Å². The molecule has 1 aliphatic rings. The molecule has 2 rings (SSSR count). The van der Waals surface area contributed by atoms with Crippen molar-refractivity contribution in [1.82, 2.24) is 0 Å². The van der Waals surface area contributed by atoms with Gasteiger partial charge in [0.2, 0.25) is 0 Å². The molecule has 0 saturated heterocycles. The van der Waals surface area contributed by atoms with Crippen LogP contribution in [-0.4, -0.2) is 10.5 Å². The maximum Gasteiger partial charge on any atom is 0.252 e. The van der Waals surface area contributed by atoms with E-state index < -0.39 is 0 Å². The number of hydrogen-bond acceptors (Lipinski definition) is 2. The molecule has 0 heterocycles. The van der Waals surface area contributed by atoms with Crippen LogP contribution >= 0.6 is 23.4 Å². The SMILES string of the molecule is CCc1c(C(=O)Cl)ccc(C(C)C)c1SC1CC1. The molecule has 0 N–H and O–H groups in total. The van der Waals surface area contributed by atoms with Crippen LogP contribution in [0.5, 0.6) is 0 Å². The minimum atomic E-state index is -0.334. The highest BCUT2D eigenvalue weighted by atomic mass is 35.5. The van der Waals surface area contributed by atoms with Crippen molar-refractivity contribution in [3.8, 4) is 0 Å². The Hall–Kier alpha value is -0.470. The Kier molecular flexibility index (Phi) is 4.39. The lowest BCUT2D eigenvalue weighted by atomic mass is 9.96. The molecule has 18 heavy (non-hydrogen) atoms. The molecule has 0 spiro atoms. The van der Waals surface area contributed by atoms with E-state index in [1.807, 2.05) is 17.8 Å². The second-order valence-electron chi connectivity index (χ2n) is 5.11. The van der Waals surface area contributed by atoms with Crippen LogP contribution in [0.2, 0.25) is 0 Å². The lowest BCUT2D eigenvalue weighted by molar-refractivity contribution is 0.108. The first kappa shape index (κ1) is 14.0. The van der Waals surface area contributed by atoms with Gasteiger partial charge in [0.05, 0.1) is 0 Å². The van der Waals surface area contributed by atoms with E-state index in [0.29, 0.717) is 11.5 Å². The van der Waals surface area contributed by atoms with Crippen molar-refractivity contribution >= 4 is 28.6 Å². The molecule has 0 unspecified atom stereocenters. The average molecular weight is 283 g/mol. The van der Waals surface area contributed by atoms with Crippen LogP contribution in [0.3, 0.4) is 0 Å². The van der Waals surface area contributed by atoms with Crippen molar-refractivity contribution in [3.05, 3.63) is 28.8 Å². The highest BCUT2D eigenvalue weighted by Gasteiger charge is 2.27. The second kappa shape index (κ2) is 5.66. The van der Waals surface area contributed by atoms with Gasteiger partial charge in [0.15, 0.2) is 0 Å². The molecule has 1 nitrogen and oxygen atoms in total. The quantitative estimate of drug-likeness (QED) is 0.707. The molecule has 98 valence electrons. The topological polar surface area (TPSA) is 17.1 Å². The molecule has 1 aromatic rings. The zero-order chi connectivity index (χ0) is 13.3. The van der Waals surface area contributed by atoms with Gasteiger partial charge < -0.3 is 0 Å². The van der Waals surface area contributed by atoms with E-state index in [9.17, 15) is 4.79 Å². The van der Waals surface area contributed by atoms with Crippen LogP contribution in [0.25, 0.3) is 0 Å². The van der Waals surface area contributed by atoms with Crippen molar-refractivity contribution < 1.29 is 4.79 Å². The molecule has 0 bridgehead atoms. The van der Waals surface area contributed by atoms with Crippen LogP contribution in [0.4, 0.5) is 0 Å². The minimum absolute atomic E-state index is 0.334. The smallest absolute Gasteiger partial charge is 0.252 e. The monoisotopic (exact) mass is 282 g/mol. The molecular weight excluding hydrogens is 264 g/mol. The first-order chi connectivity index (χ1) is 8.54. The van der Waals surface area contributed by atoms with Gasteiger partial charge in [-0.3, -0.25) is 4.79 Å². The summed E-state index contributed by atoms with van der Waals surface area (Å²) in [6, 6.07) is 3.96. The molecule has 0 amide bonds. The Balaban J connectivity index is 2.52. The van der Waals surface area contributed by atoms with Crippen LogP contribution in [0.1, 0.15) is 61.0 Å². The summed E-state index contributed by atoms with van der Waals surface area (Å²) < 4.78 is 0. The predicted molar refractivity (Wildman–Crippen MR) is 79.0 cm³/mol.